The largest absolute Gasteiger partial charge is 0.573 e. The minimum absolute atomic E-state index is 0.0245. The number of nitrogens with zero attached hydrogens (tertiary/aromatic N) is 1. The van der Waals surface area contributed by atoms with Gasteiger partial charge in [-0.1, -0.05) is 0 Å². The molecule has 1 aromatic carbocycles. The van der Waals surface area contributed by atoms with E-state index in [9.17, 15) is 18.0 Å². The Hall–Kier alpha value is -2.27. The van der Waals surface area contributed by atoms with Crippen LogP contribution in [-0.2, 0) is 22.5 Å². The molecule has 0 aliphatic rings. The molecule has 0 fully saturated rings. The number of ether oxygens (including phenoxy) is 2. The average molecular weight is 302 g/mol. The van der Waals surface area contributed by atoms with E-state index in [0.29, 0.717) is 0 Å². The molecule has 0 heterocycles. The standard InChI is InChI=1S/C13H13F3N2O3/c1-2-20-12(19)5-8-4-11(21-13(14,15)16)10(7-18)3-9(8)6-17/h3-4H,2,5,7,18H2,1H3. The number of halogens is 3. The second kappa shape index (κ2) is 6.95. The molecule has 0 spiro atoms. The Morgan fingerprint density at radius 1 is 1.38 bits per heavy atom. The van der Waals surface area contributed by atoms with Crippen LogP contribution in [0.3, 0.4) is 0 Å². The van der Waals surface area contributed by atoms with E-state index in [1.165, 1.54) is 6.07 Å². The molecule has 1 rings (SSSR count). The van der Waals surface area contributed by atoms with Crippen molar-refractivity contribution in [3.8, 4) is 11.8 Å². The molecule has 5 nitrogen and oxygen atoms in total. The molecule has 1 aromatic rings. The molecule has 8 heteroatoms. The number of nitrogens with two attached hydrogens (primary N) is 1. The van der Waals surface area contributed by atoms with Gasteiger partial charge in [0.2, 0.25) is 0 Å². The van der Waals surface area contributed by atoms with Gasteiger partial charge < -0.3 is 15.2 Å². The van der Waals surface area contributed by atoms with Crippen LogP contribution in [0.15, 0.2) is 12.1 Å². The zero-order chi connectivity index (χ0) is 16.0. The lowest BCUT2D eigenvalue weighted by atomic mass is 10.0. The number of alkyl halides is 3. The van der Waals surface area contributed by atoms with E-state index in [2.05, 4.69) is 4.74 Å². The molecule has 0 saturated carbocycles. The van der Waals surface area contributed by atoms with Gasteiger partial charge in [-0.3, -0.25) is 4.79 Å². The third-order valence-electron chi connectivity index (χ3n) is 2.49. The molecule has 0 aromatic heterocycles. The molecule has 0 aliphatic carbocycles. The van der Waals surface area contributed by atoms with Crippen molar-refractivity contribution in [1.29, 1.82) is 5.26 Å². The Bertz CT molecular complexity index is 565. The maximum Gasteiger partial charge on any atom is 0.573 e. The van der Waals surface area contributed by atoms with Gasteiger partial charge in [-0.25, -0.2) is 0 Å². The number of carbonyl (C=O) groups is 1. The van der Waals surface area contributed by atoms with Crippen molar-refractivity contribution in [3.63, 3.8) is 0 Å². The van der Waals surface area contributed by atoms with E-state index in [1.54, 1.807) is 6.92 Å². The van der Waals surface area contributed by atoms with E-state index in [-0.39, 0.29) is 36.3 Å². The number of nitriles is 1. The summed E-state index contributed by atoms with van der Waals surface area (Å²) in [4.78, 5) is 11.4. The predicted molar refractivity (Wildman–Crippen MR) is 66.1 cm³/mol. The molecule has 0 atom stereocenters. The second-order valence-corrected chi connectivity index (χ2v) is 3.96. The Morgan fingerprint density at radius 3 is 2.52 bits per heavy atom. The van der Waals surface area contributed by atoms with Gasteiger partial charge in [0.05, 0.1) is 24.7 Å². The van der Waals surface area contributed by atoms with Crippen LogP contribution in [0, 0.1) is 11.3 Å². The van der Waals surface area contributed by atoms with Gasteiger partial charge in [0.25, 0.3) is 0 Å². The van der Waals surface area contributed by atoms with Crippen LogP contribution in [0.25, 0.3) is 0 Å². The maximum absolute atomic E-state index is 12.3. The van der Waals surface area contributed by atoms with Gasteiger partial charge in [-0.2, -0.15) is 5.26 Å². The quantitative estimate of drug-likeness (QED) is 0.841. The highest BCUT2D eigenvalue weighted by atomic mass is 19.4. The highest BCUT2D eigenvalue weighted by Gasteiger charge is 2.32. The number of esters is 1. The van der Waals surface area contributed by atoms with Gasteiger partial charge in [-0.05, 0) is 24.6 Å². The summed E-state index contributed by atoms with van der Waals surface area (Å²) in [5, 5.41) is 9.00. The molecule has 0 amide bonds. The monoisotopic (exact) mass is 302 g/mol. The number of benzene rings is 1. The molecule has 0 unspecified atom stereocenters. The predicted octanol–water partition coefficient (Wildman–Crippen LogP) is 2.02. The molecule has 2 N–H and O–H groups in total. The van der Waals surface area contributed by atoms with Crippen molar-refractivity contribution in [2.75, 3.05) is 6.61 Å². The molecule has 0 bridgehead atoms. The third kappa shape index (κ3) is 4.96. The fraction of sp³-hybridized carbons (Fsp3) is 0.385. The minimum atomic E-state index is -4.89. The third-order valence-corrected chi connectivity index (χ3v) is 2.49. The van der Waals surface area contributed by atoms with Crippen molar-refractivity contribution in [3.05, 3.63) is 28.8 Å². The summed E-state index contributed by atoms with van der Waals surface area (Å²) < 4.78 is 45.6. The van der Waals surface area contributed by atoms with E-state index in [1.807, 2.05) is 6.07 Å². The van der Waals surface area contributed by atoms with Gasteiger partial charge in [0, 0.05) is 12.1 Å². The van der Waals surface area contributed by atoms with Crippen molar-refractivity contribution in [2.45, 2.75) is 26.3 Å². The first-order valence-corrected chi connectivity index (χ1v) is 5.98. The van der Waals surface area contributed by atoms with Crippen molar-refractivity contribution >= 4 is 5.97 Å². The van der Waals surface area contributed by atoms with Crippen LogP contribution in [0.1, 0.15) is 23.6 Å². The molecular weight excluding hydrogens is 289 g/mol. The molecular formula is C13H13F3N2O3. The molecule has 114 valence electrons. The number of carbonyl (C=O) groups excluding carboxylic acids is 1. The normalized spacial score (nSPS) is 10.9. The number of rotatable bonds is 5. The maximum atomic E-state index is 12.3. The SMILES string of the molecule is CCOC(=O)Cc1cc(OC(F)(F)F)c(CN)cc1C#N. The van der Waals surface area contributed by atoms with Crippen molar-refractivity contribution in [2.24, 2.45) is 5.73 Å². The van der Waals surface area contributed by atoms with E-state index in [4.69, 9.17) is 15.7 Å². The van der Waals surface area contributed by atoms with Crippen LogP contribution in [-0.4, -0.2) is 18.9 Å². The molecule has 0 radical (unpaired) electrons. The summed E-state index contributed by atoms with van der Waals surface area (Å²) in [7, 11) is 0. The summed E-state index contributed by atoms with van der Waals surface area (Å²) >= 11 is 0. The van der Waals surface area contributed by atoms with Gasteiger partial charge in [0.1, 0.15) is 5.75 Å². The van der Waals surface area contributed by atoms with Crippen LogP contribution in [0.2, 0.25) is 0 Å². The Kier molecular flexibility index (Phi) is 5.55. The molecule has 0 aliphatic heterocycles. The van der Waals surface area contributed by atoms with Gasteiger partial charge >= 0.3 is 12.3 Å². The minimum Gasteiger partial charge on any atom is -0.466 e. The smallest absolute Gasteiger partial charge is 0.466 e. The Balaban J connectivity index is 3.20. The van der Waals surface area contributed by atoms with E-state index >= 15 is 0 Å². The first-order chi connectivity index (χ1) is 9.80. The van der Waals surface area contributed by atoms with Crippen LogP contribution in [0.5, 0.6) is 5.75 Å². The topological polar surface area (TPSA) is 85.3 Å². The van der Waals surface area contributed by atoms with Crippen LogP contribution >= 0.6 is 0 Å². The van der Waals surface area contributed by atoms with E-state index in [0.717, 1.165) is 6.07 Å². The number of hydrogen-bond donors (Lipinski definition) is 1. The lowest BCUT2D eigenvalue weighted by Crippen LogP contribution is -2.19. The Morgan fingerprint density at radius 2 is 2.05 bits per heavy atom. The highest BCUT2D eigenvalue weighted by molar-refractivity contribution is 5.74. The average Bonchev–Trinajstić information content (AvgIpc) is 2.37. The van der Waals surface area contributed by atoms with Crippen molar-refractivity contribution < 1.29 is 27.4 Å². The molecule has 0 saturated heterocycles. The number of hydrogen-bond acceptors (Lipinski definition) is 5. The summed E-state index contributed by atoms with van der Waals surface area (Å²) in [6.07, 6.45) is -5.21. The van der Waals surface area contributed by atoms with Gasteiger partial charge in [0.15, 0.2) is 0 Å². The van der Waals surface area contributed by atoms with Gasteiger partial charge in [-0.15, -0.1) is 13.2 Å². The Labute approximate surface area is 119 Å². The first kappa shape index (κ1) is 16.8. The summed E-state index contributed by atoms with van der Waals surface area (Å²) in [5.74, 6) is -1.17. The lowest BCUT2D eigenvalue weighted by Gasteiger charge is -2.15. The fourth-order valence-electron chi connectivity index (χ4n) is 1.66. The van der Waals surface area contributed by atoms with Crippen LogP contribution < -0.4 is 10.5 Å². The fourth-order valence-corrected chi connectivity index (χ4v) is 1.66. The van der Waals surface area contributed by atoms with Crippen LogP contribution in [0.4, 0.5) is 13.2 Å². The summed E-state index contributed by atoms with van der Waals surface area (Å²) in [5.41, 5.74) is 5.51. The lowest BCUT2D eigenvalue weighted by molar-refractivity contribution is -0.274. The highest BCUT2D eigenvalue weighted by Crippen LogP contribution is 2.29. The second-order valence-electron chi connectivity index (χ2n) is 3.96. The first-order valence-electron chi connectivity index (χ1n) is 5.98. The zero-order valence-corrected chi connectivity index (χ0v) is 11.2. The van der Waals surface area contributed by atoms with E-state index < -0.39 is 18.1 Å². The van der Waals surface area contributed by atoms with Crippen molar-refractivity contribution in [1.82, 2.24) is 0 Å². The molecule has 21 heavy (non-hydrogen) atoms. The summed E-state index contributed by atoms with van der Waals surface area (Å²) in [6, 6.07) is 3.98. The summed E-state index contributed by atoms with van der Waals surface area (Å²) in [6.45, 7) is 1.49. The zero-order valence-electron chi connectivity index (χ0n) is 11.2.